The highest BCUT2D eigenvalue weighted by Crippen LogP contribution is 2.39. The van der Waals surface area contributed by atoms with Crippen molar-refractivity contribution in [2.45, 2.75) is 32.4 Å². The lowest BCUT2D eigenvalue weighted by Crippen LogP contribution is -2.32. The Morgan fingerprint density at radius 2 is 2.25 bits per heavy atom. The molecule has 1 N–H and O–H groups in total. The summed E-state index contributed by atoms with van der Waals surface area (Å²) < 4.78 is 19.9. The van der Waals surface area contributed by atoms with E-state index in [4.69, 9.17) is 4.74 Å². The van der Waals surface area contributed by atoms with Gasteiger partial charge in [-0.1, -0.05) is 29.8 Å². The minimum atomic E-state index is -0.284. The average Bonchev–Trinajstić information content (AvgIpc) is 2.23. The maximum Gasteiger partial charge on any atom is 0.165 e. The Morgan fingerprint density at radius 1 is 1.50 bits per heavy atom. The van der Waals surface area contributed by atoms with Crippen molar-refractivity contribution in [1.82, 2.24) is 5.32 Å². The van der Waals surface area contributed by atoms with Crippen molar-refractivity contribution >= 4 is 15.9 Å². The summed E-state index contributed by atoms with van der Waals surface area (Å²) in [6.07, 6.45) is 0.868. The molecule has 88 valence electrons. The third kappa shape index (κ3) is 2.23. The molecule has 4 heteroatoms. The molecule has 16 heavy (non-hydrogen) atoms. The first kappa shape index (κ1) is 11.9. The lowest BCUT2D eigenvalue weighted by molar-refractivity contribution is 0.235. The predicted octanol–water partition coefficient (Wildman–Crippen LogP) is 3.41. The summed E-state index contributed by atoms with van der Waals surface area (Å²) in [6.45, 7) is 4.73. The number of rotatable bonds is 2. The third-order valence-corrected chi connectivity index (χ3v) is 3.32. The van der Waals surface area contributed by atoms with Gasteiger partial charge in [0.25, 0.3) is 0 Å². The van der Waals surface area contributed by atoms with Gasteiger partial charge in [-0.2, -0.15) is 0 Å². The van der Waals surface area contributed by atoms with Gasteiger partial charge in [0.1, 0.15) is 0 Å². The molecule has 1 atom stereocenters. The number of fused-ring (bicyclic) bond motifs is 1. The smallest absolute Gasteiger partial charge is 0.165 e. The first-order valence-corrected chi connectivity index (χ1v) is 6.25. The van der Waals surface area contributed by atoms with Gasteiger partial charge < -0.3 is 10.1 Å². The number of benzene rings is 1. The van der Waals surface area contributed by atoms with E-state index in [0.29, 0.717) is 18.4 Å². The van der Waals surface area contributed by atoms with Crippen molar-refractivity contribution in [2.75, 3.05) is 6.61 Å². The van der Waals surface area contributed by atoms with Crippen LogP contribution in [0.3, 0.4) is 0 Å². The van der Waals surface area contributed by atoms with Crippen LogP contribution >= 0.6 is 15.9 Å². The molecule has 0 aliphatic carbocycles. The molecule has 2 rings (SSSR count). The largest absolute Gasteiger partial charge is 0.490 e. The van der Waals surface area contributed by atoms with E-state index >= 15 is 0 Å². The van der Waals surface area contributed by atoms with E-state index in [1.165, 1.54) is 6.07 Å². The van der Waals surface area contributed by atoms with Crippen molar-refractivity contribution in [2.24, 2.45) is 0 Å². The van der Waals surface area contributed by atoms with Gasteiger partial charge >= 0.3 is 0 Å². The summed E-state index contributed by atoms with van der Waals surface area (Å²) in [7, 11) is 0. The highest BCUT2D eigenvalue weighted by atomic mass is 79.9. The second kappa shape index (κ2) is 4.72. The van der Waals surface area contributed by atoms with Crippen molar-refractivity contribution in [1.29, 1.82) is 0 Å². The van der Waals surface area contributed by atoms with Crippen LogP contribution in [0.25, 0.3) is 0 Å². The summed E-state index contributed by atoms with van der Waals surface area (Å²) in [5.41, 5.74) is 0.903. The Kier molecular flexibility index (Phi) is 3.50. The molecule has 1 aliphatic heterocycles. The van der Waals surface area contributed by atoms with Crippen LogP contribution in [0.15, 0.2) is 16.6 Å². The number of halogens is 2. The van der Waals surface area contributed by atoms with Gasteiger partial charge in [-0.25, -0.2) is 4.39 Å². The van der Waals surface area contributed by atoms with Crippen molar-refractivity contribution < 1.29 is 9.13 Å². The SMILES string of the molecule is CC(C)NC1CCOc2c(F)ccc(Br)c21. The zero-order chi connectivity index (χ0) is 11.7. The Labute approximate surface area is 103 Å². The Hall–Kier alpha value is -0.610. The molecule has 0 amide bonds. The average molecular weight is 288 g/mol. The first-order valence-electron chi connectivity index (χ1n) is 5.46. The van der Waals surface area contributed by atoms with Crippen molar-refractivity contribution in [3.8, 4) is 5.75 Å². The molecule has 1 aromatic carbocycles. The second-order valence-electron chi connectivity index (χ2n) is 4.28. The summed E-state index contributed by atoms with van der Waals surface area (Å²) in [5.74, 6) is 0.104. The molecule has 0 radical (unpaired) electrons. The predicted molar refractivity (Wildman–Crippen MR) is 65.2 cm³/mol. The fraction of sp³-hybridized carbons (Fsp3) is 0.500. The van der Waals surface area contributed by atoms with Gasteiger partial charge in [0, 0.05) is 28.5 Å². The molecule has 0 saturated heterocycles. The minimum absolute atomic E-state index is 0.161. The Morgan fingerprint density at radius 3 is 2.94 bits per heavy atom. The van der Waals surface area contributed by atoms with Gasteiger partial charge in [0.2, 0.25) is 0 Å². The fourth-order valence-electron chi connectivity index (χ4n) is 2.01. The lowest BCUT2D eigenvalue weighted by atomic mass is 9.99. The molecular formula is C12H15BrFNO. The molecule has 0 spiro atoms. The summed E-state index contributed by atoms with van der Waals surface area (Å²) in [6, 6.07) is 3.69. The Bertz CT molecular complexity index is 395. The molecule has 1 heterocycles. The molecule has 0 saturated carbocycles. The zero-order valence-corrected chi connectivity index (χ0v) is 11.0. The van der Waals surface area contributed by atoms with Crippen LogP contribution in [0.4, 0.5) is 4.39 Å². The summed E-state index contributed by atoms with van der Waals surface area (Å²) >= 11 is 3.46. The van der Waals surface area contributed by atoms with Gasteiger partial charge in [-0.3, -0.25) is 0 Å². The molecule has 1 unspecified atom stereocenters. The molecule has 2 nitrogen and oxygen atoms in total. The van der Waals surface area contributed by atoms with Crippen LogP contribution in [-0.4, -0.2) is 12.6 Å². The number of ether oxygens (including phenoxy) is 1. The zero-order valence-electron chi connectivity index (χ0n) is 9.39. The van der Waals surface area contributed by atoms with E-state index in [-0.39, 0.29) is 11.9 Å². The van der Waals surface area contributed by atoms with Crippen LogP contribution in [0.2, 0.25) is 0 Å². The molecule has 0 fully saturated rings. The second-order valence-corrected chi connectivity index (χ2v) is 5.14. The number of hydrogen-bond donors (Lipinski definition) is 1. The van der Waals surface area contributed by atoms with Crippen LogP contribution in [0.1, 0.15) is 31.9 Å². The lowest BCUT2D eigenvalue weighted by Gasteiger charge is -2.29. The van der Waals surface area contributed by atoms with Crippen LogP contribution in [0.5, 0.6) is 5.75 Å². The van der Waals surface area contributed by atoms with E-state index < -0.39 is 0 Å². The first-order chi connectivity index (χ1) is 7.59. The third-order valence-electron chi connectivity index (χ3n) is 2.63. The monoisotopic (exact) mass is 287 g/mol. The maximum absolute atomic E-state index is 13.6. The normalized spacial score (nSPS) is 19.4. The molecular weight excluding hydrogens is 273 g/mol. The van der Waals surface area contributed by atoms with E-state index in [1.54, 1.807) is 6.07 Å². The van der Waals surface area contributed by atoms with Gasteiger partial charge in [0.05, 0.1) is 6.61 Å². The van der Waals surface area contributed by atoms with E-state index in [9.17, 15) is 4.39 Å². The van der Waals surface area contributed by atoms with Crippen LogP contribution < -0.4 is 10.1 Å². The maximum atomic E-state index is 13.6. The fourth-order valence-corrected chi connectivity index (χ4v) is 2.60. The Balaban J connectivity index is 2.40. The minimum Gasteiger partial charge on any atom is -0.490 e. The van der Waals surface area contributed by atoms with E-state index in [1.807, 2.05) is 0 Å². The van der Waals surface area contributed by atoms with E-state index in [0.717, 1.165) is 16.5 Å². The summed E-state index contributed by atoms with van der Waals surface area (Å²) in [4.78, 5) is 0. The number of nitrogens with one attached hydrogen (secondary N) is 1. The van der Waals surface area contributed by atoms with Crippen LogP contribution in [-0.2, 0) is 0 Å². The molecule has 1 aliphatic rings. The quantitative estimate of drug-likeness (QED) is 0.900. The molecule has 1 aromatic rings. The molecule has 0 bridgehead atoms. The molecule has 0 aromatic heterocycles. The van der Waals surface area contributed by atoms with Gasteiger partial charge in [-0.15, -0.1) is 0 Å². The number of hydrogen-bond acceptors (Lipinski definition) is 2. The van der Waals surface area contributed by atoms with E-state index in [2.05, 4.69) is 35.1 Å². The summed E-state index contributed by atoms with van der Waals surface area (Å²) in [5, 5.41) is 3.43. The standard InChI is InChI=1S/C12H15BrFNO/c1-7(2)15-10-5-6-16-12-9(14)4-3-8(13)11(10)12/h3-4,7,10,15H,5-6H2,1-2H3. The van der Waals surface area contributed by atoms with Gasteiger partial charge in [-0.05, 0) is 12.1 Å². The topological polar surface area (TPSA) is 21.3 Å². The van der Waals surface area contributed by atoms with Crippen molar-refractivity contribution in [3.63, 3.8) is 0 Å². The van der Waals surface area contributed by atoms with Gasteiger partial charge in [0.15, 0.2) is 11.6 Å². The highest BCUT2D eigenvalue weighted by molar-refractivity contribution is 9.10. The highest BCUT2D eigenvalue weighted by Gasteiger charge is 2.26. The van der Waals surface area contributed by atoms with Crippen molar-refractivity contribution in [3.05, 3.63) is 28.0 Å². The van der Waals surface area contributed by atoms with Crippen LogP contribution in [0, 0.1) is 5.82 Å².